The lowest BCUT2D eigenvalue weighted by Crippen LogP contribution is -2.51. The number of carbonyl (C=O) groups excluding carboxylic acids is 2. The van der Waals surface area contributed by atoms with Crippen LogP contribution in [0.5, 0.6) is 0 Å². The van der Waals surface area contributed by atoms with Crippen LogP contribution < -0.4 is 10.6 Å². The van der Waals surface area contributed by atoms with Gasteiger partial charge in [0.25, 0.3) is 0 Å². The minimum Gasteiger partial charge on any atom is -0.480 e. The second-order valence-electron chi connectivity index (χ2n) is 3.99. The number of amides is 3. The third-order valence-electron chi connectivity index (χ3n) is 2.16. The molecule has 0 spiro atoms. The number of aliphatic carboxylic acids is 1. The Morgan fingerprint density at radius 2 is 1.83 bits per heavy atom. The normalized spacial score (nSPS) is 13.3. The molecule has 8 nitrogen and oxygen atoms in total. The van der Waals surface area contributed by atoms with Crippen molar-refractivity contribution in [1.82, 2.24) is 15.5 Å². The molecule has 0 rings (SSSR count). The van der Waals surface area contributed by atoms with Gasteiger partial charge in [0, 0.05) is 27.1 Å². The van der Waals surface area contributed by atoms with Crippen molar-refractivity contribution in [3.8, 4) is 0 Å². The summed E-state index contributed by atoms with van der Waals surface area (Å²) < 4.78 is 0. The largest absolute Gasteiger partial charge is 0.480 e. The lowest BCUT2D eigenvalue weighted by molar-refractivity contribution is -0.141. The van der Waals surface area contributed by atoms with Crippen LogP contribution in [0.4, 0.5) is 4.79 Å². The van der Waals surface area contributed by atoms with Crippen molar-refractivity contribution in [2.45, 2.75) is 25.5 Å². The summed E-state index contributed by atoms with van der Waals surface area (Å²) in [6.45, 7) is 1.35. The average Bonchev–Trinajstić information content (AvgIpc) is 2.24. The fourth-order valence-electron chi connectivity index (χ4n) is 1.09. The number of nitrogens with zero attached hydrogens (tertiary/aromatic N) is 1. The van der Waals surface area contributed by atoms with Gasteiger partial charge in [-0.15, -0.1) is 0 Å². The average molecular weight is 261 g/mol. The van der Waals surface area contributed by atoms with Crippen LogP contribution in [-0.2, 0) is 9.59 Å². The number of aliphatic hydroxyl groups excluding tert-OH is 1. The van der Waals surface area contributed by atoms with Gasteiger partial charge in [0.2, 0.25) is 5.91 Å². The Morgan fingerprint density at radius 1 is 1.28 bits per heavy atom. The molecule has 0 aliphatic rings. The topological polar surface area (TPSA) is 119 Å². The number of carbonyl (C=O) groups is 3. The summed E-state index contributed by atoms with van der Waals surface area (Å²) in [6.07, 6.45) is -1.09. The number of hydrogen-bond acceptors (Lipinski definition) is 4. The van der Waals surface area contributed by atoms with Gasteiger partial charge in [-0.25, -0.2) is 9.59 Å². The predicted octanol–water partition coefficient (Wildman–Crippen LogP) is -1.40. The second-order valence-corrected chi connectivity index (χ2v) is 3.99. The maximum Gasteiger partial charge on any atom is 0.328 e. The van der Waals surface area contributed by atoms with Crippen LogP contribution in [0.15, 0.2) is 0 Å². The van der Waals surface area contributed by atoms with E-state index in [1.807, 2.05) is 0 Å². The molecular weight excluding hydrogens is 242 g/mol. The number of hydrogen-bond donors (Lipinski definition) is 4. The molecule has 0 aromatic heterocycles. The van der Waals surface area contributed by atoms with Crippen LogP contribution >= 0.6 is 0 Å². The van der Waals surface area contributed by atoms with E-state index in [1.54, 1.807) is 14.1 Å². The Morgan fingerprint density at radius 3 is 2.22 bits per heavy atom. The Balaban J connectivity index is 4.04. The maximum absolute atomic E-state index is 11.3. The van der Waals surface area contributed by atoms with Crippen LogP contribution in [0.25, 0.3) is 0 Å². The van der Waals surface area contributed by atoms with Gasteiger partial charge in [-0.05, 0) is 6.92 Å². The van der Waals surface area contributed by atoms with Gasteiger partial charge in [-0.1, -0.05) is 0 Å². The molecule has 2 atom stereocenters. The molecule has 0 aliphatic carbocycles. The van der Waals surface area contributed by atoms with Crippen molar-refractivity contribution < 1.29 is 24.6 Å². The SMILES string of the molecule is C[C@@H](O)[C@H](NC(=O)NCCC(=O)N(C)C)C(=O)O. The Labute approximate surface area is 105 Å². The van der Waals surface area contributed by atoms with Crippen molar-refractivity contribution in [1.29, 1.82) is 0 Å². The second kappa shape index (κ2) is 7.49. The summed E-state index contributed by atoms with van der Waals surface area (Å²) in [6, 6.07) is -2.12. The quantitative estimate of drug-likeness (QED) is 0.469. The summed E-state index contributed by atoms with van der Waals surface area (Å²) in [5.74, 6) is -1.48. The Hall–Kier alpha value is -1.83. The minimum atomic E-state index is -1.38. The molecule has 0 unspecified atom stereocenters. The highest BCUT2D eigenvalue weighted by molar-refractivity contribution is 5.83. The van der Waals surface area contributed by atoms with Crippen molar-refractivity contribution >= 4 is 17.9 Å². The van der Waals surface area contributed by atoms with Crippen LogP contribution in [0.3, 0.4) is 0 Å². The van der Waals surface area contributed by atoms with Crippen LogP contribution in [0.2, 0.25) is 0 Å². The number of urea groups is 1. The van der Waals surface area contributed by atoms with E-state index in [0.717, 1.165) is 0 Å². The predicted molar refractivity (Wildman–Crippen MR) is 63.0 cm³/mol. The lowest BCUT2D eigenvalue weighted by atomic mass is 10.2. The highest BCUT2D eigenvalue weighted by atomic mass is 16.4. The van der Waals surface area contributed by atoms with E-state index in [1.165, 1.54) is 11.8 Å². The molecule has 8 heteroatoms. The lowest BCUT2D eigenvalue weighted by Gasteiger charge is -2.17. The molecule has 0 saturated heterocycles. The molecule has 0 radical (unpaired) electrons. The highest BCUT2D eigenvalue weighted by Gasteiger charge is 2.24. The Kier molecular flexibility index (Phi) is 6.73. The maximum atomic E-state index is 11.3. The number of aliphatic hydroxyl groups is 1. The van der Waals surface area contributed by atoms with E-state index in [0.29, 0.717) is 0 Å². The fourth-order valence-corrected chi connectivity index (χ4v) is 1.09. The van der Waals surface area contributed by atoms with Crippen molar-refractivity contribution in [2.24, 2.45) is 0 Å². The van der Waals surface area contributed by atoms with Crippen molar-refractivity contribution in [3.05, 3.63) is 0 Å². The molecular formula is C10H19N3O5. The third kappa shape index (κ3) is 6.04. The van der Waals surface area contributed by atoms with E-state index in [2.05, 4.69) is 10.6 Å². The molecule has 3 amide bonds. The standard InChI is InChI=1S/C10H19N3O5/c1-6(14)8(9(16)17)12-10(18)11-5-4-7(15)13(2)3/h6,8,14H,4-5H2,1-3H3,(H,16,17)(H2,11,12,18)/t6-,8+/m1/s1. The van der Waals surface area contributed by atoms with E-state index < -0.39 is 24.1 Å². The first kappa shape index (κ1) is 16.2. The summed E-state index contributed by atoms with van der Waals surface area (Å²) in [7, 11) is 3.19. The molecule has 4 N–H and O–H groups in total. The summed E-state index contributed by atoms with van der Waals surface area (Å²) in [5, 5.41) is 22.3. The van der Waals surface area contributed by atoms with E-state index >= 15 is 0 Å². The van der Waals surface area contributed by atoms with Gasteiger partial charge in [0.1, 0.15) is 0 Å². The van der Waals surface area contributed by atoms with Gasteiger partial charge in [0.15, 0.2) is 6.04 Å². The molecule has 0 aromatic carbocycles. The monoisotopic (exact) mass is 261 g/mol. The molecule has 0 heterocycles. The summed E-state index contributed by atoms with van der Waals surface area (Å²) in [4.78, 5) is 34.5. The van der Waals surface area contributed by atoms with Gasteiger partial charge >= 0.3 is 12.0 Å². The highest BCUT2D eigenvalue weighted by Crippen LogP contribution is 1.93. The minimum absolute atomic E-state index is 0.0923. The molecule has 0 aliphatic heterocycles. The number of carboxylic acids is 1. The zero-order chi connectivity index (χ0) is 14.3. The Bertz CT molecular complexity index is 317. The molecule has 0 aromatic rings. The van der Waals surface area contributed by atoms with Gasteiger partial charge in [0.05, 0.1) is 6.10 Å². The zero-order valence-electron chi connectivity index (χ0n) is 10.6. The molecule has 18 heavy (non-hydrogen) atoms. The number of nitrogens with one attached hydrogen (secondary N) is 2. The van der Waals surface area contributed by atoms with E-state index in [9.17, 15) is 14.4 Å². The van der Waals surface area contributed by atoms with Crippen molar-refractivity contribution in [3.63, 3.8) is 0 Å². The van der Waals surface area contributed by atoms with Crippen LogP contribution in [0, 0.1) is 0 Å². The van der Waals surface area contributed by atoms with Gasteiger partial charge < -0.3 is 25.7 Å². The molecule has 0 bridgehead atoms. The van der Waals surface area contributed by atoms with Crippen molar-refractivity contribution in [2.75, 3.05) is 20.6 Å². The fraction of sp³-hybridized carbons (Fsp3) is 0.700. The first-order chi connectivity index (χ1) is 8.25. The first-order valence-corrected chi connectivity index (χ1v) is 5.41. The van der Waals surface area contributed by atoms with Gasteiger partial charge in [-0.3, -0.25) is 4.79 Å². The molecule has 0 fully saturated rings. The number of rotatable bonds is 6. The first-order valence-electron chi connectivity index (χ1n) is 5.41. The zero-order valence-corrected chi connectivity index (χ0v) is 10.6. The summed E-state index contributed by atoms with van der Waals surface area (Å²) >= 11 is 0. The van der Waals surface area contributed by atoms with E-state index in [-0.39, 0.29) is 18.9 Å². The van der Waals surface area contributed by atoms with E-state index in [4.69, 9.17) is 10.2 Å². The third-order valence-corrected chi connectivity index (χ3v) is 2.16. The molecule has 0 saturated carbocycles. The van der Waals surface area contributed by atoms with Crippen LogP contribution in [-0.4, -0.2) is 65.8 Å². The smallest absolute Gasteiger partial charge is 0.328 e. The number of carboxylic acid groups (broad SMARTS) is 1. The summed E-state index contributed by atoms with van der Waals surface area (Å²) in [5.41, 5.74) is 0. The van der Waals surface area contributed by atoms with Gasteiger partial charge in [-0.2, -0.15) is 0 Å². The molecule has 104 valence electrons. The van der Waals surface area contributed by atoms with Crippen LogP contribution in [0.1, 0.15) is 13.3 Å².